The SMILES string of the molecule is O=C(C=Cc1ccc(O)cc1)OC1C[C@@](O)(C(=O)O)CC(O)[C@@H]1O. The highest BCUT2D eigenvalue weighted by atomic mass is 16.6. The molecule has 8 heteroatoms. The minimum absolute atomic E-state index is 0.0713. The van der Waals surface area contributed by atoms with E-state index in [1.807, 2.05) is 0 Å². The van der Waals surface area contributed by atoms with E-state index in [-0.39, 0.29) is 5.75 Å². The maximum Gasteiger partial charge on any atom is 0.335 e. The van der Waals surface area contributed by atoms with Crippen molar-refractivity contribution in [1.82, 2.24) is 0 Å². The molecule has 1 fully saturated rings. The summed E-state index contributed by atoms with van der Waals surface area (Å²) >= 11 is 0. The summed E-state index contributed by atoms with van der Waals surface area (Å²) < 4.78 is 4.96. The predicted octanol–water partition coefficient (Wildman–Crippen LogP) is -0.352. The van der Waals surface area contributed by atoms with Gasteiger partial charge in [-0.15, -0.1) is 0 Å². The minimum Gasteiger partial charge on any atom is -0.508 e. The zero-order chi connectivity index (χ0) is 17.9. The standard InChI is InChI=1S/C16H18O8/c17-10-4-1-9(2-5-10)3-6-13(19)24-12-8-16(23,15(21)22)7-11(18)14(12)20/h1-6,11-12,14,17-18,20,23H,7-8H2,(H,21,22)/t11?,12?,14-,16+/m0/s1. The second kappa shape index (κ2) is 7.00. The molecule has 0 radical (unpaired) electrons. The summed E-state index contributed by atoms with van der Waals surface area (Å²) in [5, 5.41) is 47.6. The highest BCUT2D eigenvalue weighted by molar-refractivity contribution is 5.87. The normalized spacial score (nSPS) is 30.2. The van der Waals surface area contributed by atoms with Gasteiger partial charge in [0.15, 0.2) is 5.60 Å². The lowest BCUT2D eigenvalue weighted by Gasteiger charge is -2.39. The molecule has 5 N–H and O–H groups in total. The molecule has 1 aliphatic rings. The van der Waals surface area contributed by atoms with E-state index in [9.17, 15) is 24.9 Å². The van der Waals surface area contributed by atoms with Crippen LogP contribution in [0.2, 0.25) is 0 Å². The Kier molecular flexibility index (Phi) is 5.23. The lowest BCUT2D eigenvalue weighted by Crippen LogP contribution is -2.57. The Morgan fingerprint density at radius 3 is 2.38 bits per heavy atom. The highest BCUT2D eigenvalue weighted by Crippen LogP contribution is 2.31. The Balaban J connectivity index is 2.03. The van der Waals surface area contributed by atoms with Gasteiger partial charge in [0.1, 0.15) is 18.0 Å². The molecule has 1 aliphatic carbocycles. The molecule has 1 saturated carbocycles. The Morgan fingerprint density at radius 2 is 1.79 bits per heavy atom. The quantitative estimate of drug-likeness (QED) is 0.370. The third-order valence-corrected chi connectivity index (χ3v) is 3.83. The number of aliphatic hydroxyl groups excluding tert-OH is 2. The Morgan fingerprint density at radius 1 is 1.17 bits per heavy atom. The van der Waals surface area contributed by atoms with Crippen LogP contribution in [-0.4, -0.2) is 61.4 Å². The topological polar surface area (TPSA) is 145 Å². The van der Waals surface area contributed by atoms with Gasteiger partial charge in [-0.25, -0.2) is 9.59 Å². The highest BCUT2D eigenvalue weighted by Gasteiger charge is 2.50. The zero-order valence-electron chi connectivity index (χ0n) is 12.6. The van der Waals surface area contributed by atoms with Gasteiger partial charge < -0.3 is 30.3 Å². The molecule has 1 aromatic rings. The smallest absolute Gasteiger partial charge is 0.335 e. The maximum atomic E-state index is 11.8. The third-order valence-electron chi connectivity index (χ3n) is 3.83. The van der Waals surface area contributed by atoms with Gasteiger partial charge >= 0.3 is 11.9 Å². The molecule has 24 heavy (non-hydrogen) atoms. The van der Waals surface area contributed by atoms with Crippen LogP contribution >= 0.6 is 0 Å². The monoisotopic (exact) mass is 338 g/mol. The van der Waals surface area contributed by atoms with Crippen LogP contribution in [0.25, 0.3) is 6.08 Å². The first-order valence-corrected chi connectivity index (χ1v) is 7.21. The van der Waals surface area contributed by atoms with Crippen LogP contribution in [0.4, 0.5) is 0 Å². The number of aromatic hydroxyl groups is 1. The van der Waals surface area contributed by atoms with Crippen LogP contribution in [-0.2, 0) is 14.3 Å². The van der Waals surface area contributed by atoms with Crippen LogP contribution in [0.15, 0.2) is 30.3 Å². The van der Waals surface area contributed by atoms with Crippen LogP contribution in [0, 0.1) is 0 Å². The van der Waals surface area contributed by atoms with Gasteiger partial charge in [-0.3, -0.25) is 0 Å². The average molecular weight is 338 g/mol. The van der Waals surface area contributed by atoms with E-state index < -0.39 is 48.7 Å². The molecule has 2 rings (SSSR count). The fourth-order valence-corrected chi connectivity index (χ4v) is 2.48. The second-order valence-electron chi connectivity index (χ2n) is 5.70. The molecular weight excluding hydrogens is 320 g/mol. The van der Waals surface area contributed by atoms with Gasteiger partial charge in [0.25, 0.3) is 0 Å². The van der Waals surface area contributed by atoms with Crippen LogP contribution in [0.3, 0.4) is 0 Å². The molecule has 0 bridgehead atoms. The van der Waals surface area contributed by atoms with E-state index in [1.165, 1.54) is 18.2 Å². The van der Waals surface area contributed by atoms with Crippen molar-refractivity contribution < 1.29 is 39.9 Å². The number of ether oxygens (including phenoxy) is 1. The molecule has 0 spiro atoms. The summed E-state index contributed by atoms with van der Waals surface area (Å²) in [5.41, 5.74) is -1.67. The van der Waals surface area contributed by atoms with Gasteiger partial charge in [-0.1, -0.05) is 12.1 Å². The number of aliphatic hydroxyl groups is 3. The molecule has 130 valence electrons. The van der Waals surface area contributed by atoms with Crippen LogP contribution in [0.1, 0.15) is 18.4 Å². The summed E-state index contributed by atoms with van der Waals surface area (Å²) in [7, 11) is 0. The van der Waals surface area contributed by atoms with Crippen molar-refractivity contribution in [2.75, 3.05) is 0 Å². The average Bonchev–Trinajstić information content (AvgIpc) is 2.51. The first-order valence-electron chi connectivity index (χ1n) is 7.21. The number of rotatable bonds is 4. The third kappa shape index (κ3) is 4.10. The summed E-state index contributed by atoms with van der Waals surface area (Å²) in [6, 6.07) is 5.97. The van der Waals surface area contributed by atoms with Gasteiger partial charge in [0.2, 0.25) is 0 Å². The fourth-order valence-electron chi connectivity index (χ4n) is 2.48. The number of esters is 1. The fraction of sp³-hybridized carbons (Fsp3) is 0.375. The van der Waals surface area contributed by atoms with Crippen molar-refractivity contribution in [3.8, 4) is 5.75 Å². The molecule has 0 amide bonds. The maximum absolute atomic E-state index is 11.8. The van der Waals surface area contributed by atoms with Crippen molar-refractivity contribution in [3.63, 3.8) is 0 Å². The van der Waals surface area contributed by atoms with E-state index in [0.717, 1.165) is 6.08 Å². The zero-order valence-corrected chi connectivity index (χ0v) is 12.6. The lowest BCUT2D eigenvalue weighted by molar-refractivity contribution is -0.196. The van der Waals surface area contributed by atoms with E-state index in [4.69, 9.17) is 14.9 Å². The molecule has 0 aromatic heterocycles. The number of hydrogen-bond acceptors (Lipinski definition) is 7. The van der Waals surface area contributed by atoms with E-state index in [2.05, 4.69) is 0 Å². The summed E-state index contributed by atoms with van der Waals surface area (Å²) in [6.07, 6.45) is -3.00. The number of benzene rings is 1. The van der Waals surface area contributed by atoms with Crippen molar-refractivity contribution in [1.29, 1.82) is 0 Å². The van der Waals surface area contributed by atoms with E-state index in [0.29, 0.717) is 5.56 Å². The first-order chi connectivity index (χ1) is 11.2. The number of carboxylic acid groups (broad SMARTS) is 1. The largest absolute Gasteiger partial charge is 0.508 e. The van der Waals surface area contributed by atoms with Crippen LogP contribution < -0.4 is 0 Å². The number of carboxylic acids is 1. The Hall–Kier alpha value is -2.42. The first kappa shape index (κ1) is 17.9. The molecule has 8 nitrogen and oxygen atoms in total. The summed E-state index contributed by atoms with van der Waals surface area (Å²) in [5.74, 6) is -2.36. The number of phenols is 1. The number of carbonyl (C=O) groups is 2. The van der Waals surface area contributed by atoms with E-state index in [1.54, 1.807) is 12.1 Å². The lowest BCUT2D eigenvalue weighted by atomic mass is 9.79. The molecular formula is C16H18O8. The molecule has 0 heterocycles. The van der Waals surface area contributed by atoms with Crippen molar-refractivity contribution in [3.05, 3.63) is 35.9 Å². The summed E-state index contributed by atoms with van der Waals surface area (Å²) in [6.45, 7) is 0. The van der Waals surface area contributed by atoms with Gasteiger partial charge in [0.05, 0.1) is 6.10 Å². The second-order valence-corrected chi connectivity index (χ2v) is 5.70. The van der Waals surface area contributed by atoms with Crippen molar-refractivity contribution in [2.24, 2.45) is 0 Å². The van der Waals surface area contributed by atoms with Gasteiger partial charge in [0, 0.05) is 18.9 Å². The summed E-state index contributed by atoms with van der Waals surface area (Å²) in [4.78, 5) is 22.9. The molecule has 4 atom stereocenters. The Bertz CT molecular complexity index is 638. The van der Waals surface area contributed by atoms with E-state index >= 15 is 0 Å². The predicted molar refractivity (Wildman–Crippen MR) is 80.9 cm³/mol. The Labute approximate surface area is 137 Å². The molecule has 1 aromatic carbocycles. The number of carbonyl (C=O) groups excluding carboxylic acids is 1. The molecule has 0 aliphatic heterocycles. The number of aliphatic carboxylic acids is 1. The number of phenolic OH excluding ortho intramolecular Hbond substituents is 1. The molecule has 0 saturated heterocycles. The van der Waals surface area contributed by atoms with Gasteiger partial charge in [-0.05, 0) is 23.8 Å². The number of hydrogen-bond donors (Lipinski definition) is 5. The minimum atomic E-state index is -2.27. The molecule has 2 unspecified atom stereocenters. The van der Waals surface area contributed by atoms with Crippen LogP contribution in [0.5, 0.6) is 5.75 Å². The van der Waals surface area contributed by atoms with Crippen molar-refractivity contribution >= 4 is 18.0 Å². The van der Waals surface area contributed by atoms with Crippen molar-refractivity contribution in [2.45, 2.75) is 36.8 Å². The van der Waals surface area contributed by atoms with Gasteiger partial charge in [-0.2, -0.15) is 0 Å².